The number of amides is 2. The van der Waals surface area contributed by atoms with E-state index in [0.717, 1.165) is 30.4 Å². The standard InChI is InChI=1S/C19H26N4O2/c1-22(14-17-7-3-8-18(17)24)19(25)20-12-15-5-2-6-16(11-15)13-23-10-4-9-21-23/h2,4-6,9-11,17-18,24H,3,7-8,12-14H2,1H3,(H,20,25). The van der Waals surface area contributed by atoms with Gasteiger partial charge in [0.15, 0.2) is 0 Å². The van der Waals surface area contributed by atoms with Crippen LogP contribution in [0, 0.1) is 5.92 Å². The first-order valence-corrected chi connectivity index (χ1v) is 8.84. The largest absolute Gasteiger partial charge is 0.393 e. The van der Waals surface area contributed by atoms with E-state index in [1.165, 1.54) is 0 Å². The molecule has 1 fully saturated rings. The predicted molar refractivity (Wildman–Crippen MR) is 96.0 cm³/mol. The van der Waals surface area contributed by atoms with E-state index in [0.29, 0.717) is 19.6 Å². The summed E-state index contributed by atoms with van der Waals surface area (Å²) in [6.45, 7) is 1.81. The molecule has 6 nitrogen and oxygen atoms in total. The van der Waals surface area contributed by atoms with Crippen LogP contribution in [0.3, 0.4) is 0 Å². The minimum atomic E-state index is -0.269. The average Bonchev–Trinajstić information content (AvgIpc) is 3.25. The van der Waals surface area contributed by atoms with E-state index in [2.05, 4.69) is 22.5 Å². The number of rotatable bonds is 6. The second-order valence-corrected chi connectivity index (χ2v) is 6.82. The lowest BCUT2D eigenvalue weighted by atomic mass is 10.1. The van der Waals surface area contributed by atoms with Gasteiger partial charge < -0.3 is 15.3 Å². The molecule has 0 saturated heterocycles. The van der Waals surface area contributed by atoms with Gasteiger partial charge in [-0.15, -0.1) is 0 Å². The smallest absolute Gasteiger partial charge is 0.317 e. The lowest BCUT2D eigenvalue weighted by Gasteiger charge is -2.23. The van der Waals surface area contributed by atoms with E-state index in [-0.39, 0.29) is 18.1 Å². The highest BCUT2D eigenvalue weighted by Crippen LogP contribution is 2.25. The number of hydrogen-bond acceptors (Lipinski definition) is 3. The maximum absolute atomic E-state index is 12.3. The van der Waals surface area contributed by atoms with Gasteiger partial charge in [-0.05, 0) is 30.0 Å². The second kappa shape index (κ2) is 8.16. The Morgan fingerprint density at radius 1 is 1.36 bits per heavy atom. The van der Waals surface area contributed by atoms with Crippen LogP contribution in [0.5, 0.6) is 0 Å². The molecule has 0 aliphatic heterocycles. The highest BCUT2D eigenvalue weighted by atomic mass is 16.3. The van der Waals surface area contributed by atoms with E-state index >= 15 is 0 Å². The highest BCUT2D eigenvalue weighted by Gasteiger charge is 2.27. The molecule has 0 spiro atoms. The number of carbonyl (C=O) groups excluding carboxylic acids is 1. The number of nitrogens with zero attached hydrogens (tertiary/aromatic N) is 3. The normalized spacial score (nSPS) is 19.8. The van der Waals surface area contributed by atoms with Gasteiger partial charge in [-0.3, -0.25) is 4.68 Å². The van der Waals surface area contributed by atoms with Gasteiger partial charge in [0.05, 0.1) is 12.6 Å². The molecule has 1 aromatic carbocycles. The fraction of sp³-hybridized carbons (Fsp3) is 0.474. The maximum atomic E-state index is 12.3. The zero-order valence-corrected chi connectivity index (χ0v) is 14.6. The van der Waals surface area contributed by atoms with Crippen LogP contribution < -0.4 is 5.32 Å². The van der Waals surface area contributed by atoms with Gasteiger partial charge in [-0.2, -0.15) is 5.10 Å². The van der Waals surface area contributed by atoms with Crippen LogP contribution in [0.2, 0.25) is 0 Å². The molecule has 1 aliphatic carbocycles. The number of aromatic nitrogens is 2. The summed E-state index contributed by atoms with van der Waals surface area (Å²) >= 11 is 0. The highest BCUT2D eigenvalue weighted by molar-refractivity contribution is 5.73. The molecule has 2 N–H and O–H groups in total. The molecule has 0 bridgehead atoms. The van der Waals surface area contributed by atoms with Crippen molar-refractivity contribution in [1.29, 1.82) is 0 Å². The van der Waals surface area contributed by atoms with Crippen molar-refractivity contribution < 1.29 is 9.90 Å². The Morgan fingerprint density at radius 2 is 2.20 bits per heavy atom. The van der Waals surface area contributed by atoms with Crippen molar-refractivity contribution in [2.45, 2.75) is 38.5 Å². The van der Waals surface area contributed by atoms with Crippen LogP contribution in [0.4, 0.5) is 4.79 Å². The molecule has 3 rings (SSSR count). The number of urea groups is 1. The zero-order valence-electron chi connectivity index (χ0n) is 14.6. The molecule has 1 heterocycles. The molecule has 2 atom stereocenters. The Balaban J connectivity index is 1.49. The topological polar surface area (TPSA) is 70.4 Å². The minimum Gasteiger partial charge on any atom is -0.393 e. The molecule has 134 valence electrons. The quantitative estimate of drug-likeness (QED) is 0.846. The first-order chi connectivity index (χ1) is 12.1. The fourth-order valence-electron chi connectivity index (χ4n) is 3.40. The van der Waals surface area contributed by atoms with E-state index in [4.69, 9.17) is 0 Å². The average molecular weight is 342 g/mol. The van der Waals surface area contributed by atoms with Gasteiger partial charge in [-0.25, -0.2) is 4.79 Å². The second-order valence-electron chi connectivity index (χ2n) is 6.82. The molecular formula is C19H26N4O2. The summed E-state index contributed by atoms with van der Waals surface area (Å²) in [5, 5.41) is 17.1. The first-order valence-electron chi connectivity index (χ1n) is 8.84. The van der Waals surface area contributed by atoms with Crippen molar-refractivity contribution in [2.75, 3.05) is 13.6 Å². The molecular weight excluding hydrogens is 316 g/mol. The molecule has 6 heteroatoms. The van der Waals surface area contributed by atoms with Gasteiger partial charge >= 0.3 is 6.03 Å². The number of aliphatic hydroxyl groups excluding tert-OH is 1. The van der Waals surface area contributed by atoms with Crippen LogP contribution >= 0.6 is 0 Å². The predicted octanol–water partition coefficient (Wildman–Crippen LogP) is 2.23. The van der Waals surface area contributed by atoms with Crippen molar-refractivity contribution in [3.05, 3.63) is 53.9 Å². The molecule has 2 amide bonds. The third-order valence-corrected chi connectivity index (χ3v) is 4.81. The molecule has 2 aromatic rings. The van der Waals surface area contributed by atoms with E-state index in [1.807, 2.05) is 29.1 Å². The van der Waals surface area contributed by atoms with Gasteiger partial charge in [0.1, 0.15) is 0 Å². The molecule has 2 unspecified atom stereocenters. The Bertz CT molecular complexity index is 686. The monoisotopic (exact) mass is 342 g/mol. The van der Waals surface area contributed by atoms with Crippen LogP contribution in [0.1, 0.15) is 30.4 Å². The number of benzene rings is 1. The van der Waals surface area contributed by atoms with Crippen LogP contribution in [-0.4, -0.2) is 45.5 Å². The van der Waals surface area contributed by atoms with Gasteiger partial charge in [0.2, 0.25) is 0 Å². The van der Waals surface area contributed by atoms with Crippen LogP contribution in [0.25, 0.3) is 0 Å². The van der Waals surface area contributed by atoms with Gasteiger partial charge in [0, 0.05) is 38.4 Å². The van der Waals surface area contributed by atoms with Crippen LogP contribution in [0.15, 0.2) is 42.7 Å². The summed E-state index contributed by atoms with van der Waals surface area (Å²) in [7, 11) is 1.79. The summed E-state index contributed by atoms with van der Waals surface area (Å²) in [6, 6.07) is 9.95. The van der Waals surface area contributed by atoms with E-state index in [9.17, 15) is 9.90 Å². The fourth-order valence-corrected chi connectivity index (χ4v) is 3.40. The SMILES string of the molecule is CN(CC1CCCC1O)C(=O)NCc1cccc(Cn2cccn2)c1. The Hall–Kier alpha value is -2.34. The minimum absolute atomic E-state index is 0.100. The molecule has 0 radical (unpaired) electrons. The van der Waals surface area contributed by atoms with E-state index < -0.39 is 0 Å². The number of nitrogens with one attached hydrogen (secondary N) is 1. The van der Waals surface area contributed by atoms with Gasteiger partial charge in [0.25, 0.3) is 0 Å². The first kappa shape index (κ1) is 17.5. The third-order valence-electron chi connectivity index (χ3n) is 4.81. The molecule has 1 aliphatic rings. The summed E-state index contributed by atoms with van der Waals surface area (Å²) in [5.74, 6) is 0.202. The van der Waals surface area contributed by atoms with Crippen LogP contribution in [-0.2, 0) is 13.1 Å². The lowest BCUT2D eigenvalue weighted by Crippen LogP contribution is -2.40. The number of hydrogen-bond donors (Lipinski definition) is 2. The summed E-state index contributed by atoms with van der Waals surface area (Å²) in [5.41, 5.74) is 2.21. The summed E-state index contributed by atoms with van der Waals surface area (Å²) < 4.78 is 1.87. The Labute approximate surface area is 148 Å². The Kier molecular flexibility index (Phi) is 5.71. The summed E-state index contributed by atoms with van der Waals surface area (Å²) in [6.07, 6.45) is 6.32. The van der Waals surface area contributed by atoms with Crippen molar-refractivity contribution in [3.8, 4) is 0 Å². The Morgan fingerprint density at radius 3 is 2.92 bits per heavy atom. The third kappa shape index (κ3) is 4.82. The van der Waals surface area contributed by atoms with Crippen molar-refractivity contribution in [3.63, 3.8) is 0 Å². The van der Waals surface area contributed by atoms with E-state index in [1.54, 1.807) is 18.1 Å². The van der Waals surface area contributed by atoms with Crippen molar-refractivity contribution in [1.82, 2.24) is 20.0 Å². The molecule has 1 aromatic heterocycles. The zero-order chi connectivity index (χ0) is 17.6. The maximum Gasteiger partial charge on any atom is 0.317 e. The number of aliphatic hydroxyl groups is 1. The molecule has 25 heavy (non-hydrogen) atoms. The summed E-state index contributed by atoms with van der Waals surface area (Å²) in [4.78, 5) is 13.9. The van der Waals surface area contributed by atoms with Gasteiger partial charge in [-0.1, -0.05) is 30.7 Å². The van der Waals surface area contributed by atoms with Crippen molar-refractivity contribution >= 4 is 6.03 Å². The van der Waals surface area contributed by atoms with Crippen molar-refractivity contribution in [2.24, 2.45) is 5.92 Å². The molecule has 1 saturated carbocycles. The lowest BCUT2D eigenvalue weighted by molar-refractivity contribution is 0.114. The number of carbonyl (C=O) groups is 1.